The van der Waals surface area contributed by atoms with Gasteiger partial charge in [0.25, 0.3) is 0 Å². The lowest BCUT2D eigenvalue weighted by Gasteiger charge is -2.18. The Kier molecular flexibility index (Phi) is 6.13. The van der Waals surface area contributed by atoms with Crippen LogP contribution in [0.1, 0.15) is 27.8 Å². The average molecular weight is 433 g/mol. The lowest BCUT2D eigenvalue weighted by molar-refractivity contribution is 0.319. The highest BCUT2D eigenvalue weighted by Gasteiger charge is 2.19. The number of rotatable bonds is 7. The third kappa shape index (κ3) is 4.93. The zero-order valence-corrected chi connectivity index (χ0v) is 19.9. The molecule has 166 valence electrons. The molecule has 1 aliphatic rings. The van der Waals surface area contributed by atoms with E-state index in [9.17, 15) is 0 Å². The van der Waals surface area contributed by atoms with Crippen molar-refractivity contribution in [2.75, 3.05) is 21.1 Å². The van der Waals surface area contributed by atoms with E-state index in [1.54, 1.807) is 0 Å². The van der Waals surface area contributed by atoms with Crippen molar-refractivity contribution in [2.24, 2.45) is 0 Å². The molecule has 0 amide bonds. The monoisotopic (exact) mass is 432 g/mol. The Bertz CT molecular complexity index is 1240. The molecule has 0 unspecified atom stereocenters. The summed E-state index contributed by atoms with van der Waals surface area (Å²) in [6.45, 7) is 2.88. The number of hydrogen-bond acceptors (Lipinski definition) is 2. The fraction of sp³-hybridized carbons (Fsp3) is 0.226. The molecule has 33 heavy (non-hydrogen) atoms. The van der Waals surface area contributed by atoms with Gasteiger partial charge < -0.3 is 4.90 Å². The van der Waals surface area contributed by atoms with Crippen molar-refractivity contribution >= 4 is 0 Å². The highest BCUT2D eigenvalue weighted by Crippen LogP contribution is 2.38. The first-order valence-electron chi connectivity index (χ1n) is 11.8. The molecule has 2 heteroatoms. The largest absolute Gasteiger partial charge is 0.305 e. The van der Waals surface area contributed by atoms with Crippen LogP contribution < -0.4 is 0 Å². The van der Waals surface area contributed by atoms with Crippen LogP contribution in [0.3, 0.4) is 0 Å². The summed E-state index contributed by atoms with van der Waals surface area (Å²) in [5.41, 5.74) is 12.4. The van der Waals surface area contributed by atoms with Crippen LogP contribution in [0, 0.1) is 0 Å². The van der Waals surface area contributed by atoms with Gasteiger partial charge in [-0.05, 0) is 83.7 Å². The second-order valence-electron chi connectivity index (χ2n) is 9.63. The van der Waals surface area contributed by atoms with Crippen LogP contribution >= 0.6 is 0 Å². The van der Waals surface area contributed by atoms with Crippen molar-refractivity contribution in [3.05, 3.63) is 119 Å². The lowest BCUT2D eigenvalue weighted by atomic mass is 10.0. The molecule has 0 heterocycles. The third-order valence-corrected chi connectivity index (χ3v) is 6.48. The first-order valence-corrected chi connectivity index (χ1v) is 11.8. The normalized spacial score (nSPS) is 12.3. The second kappa shape index (κ2) is 9.35. The highest BCUT2D eigenvalue weighted by molar-refractivity contribution is 5.77. The van der Waals surface area contributed by atoms with Crippen LogP contribution in [0.25, 0.3) is 22.3 Å². The molecule has 0 saturated carbocycles. The van der Waals surface area contributed by atoms with Gasteiger partial charge in [0, 0.05) is 19.6 Å². The van der Waals surface area contributed by atoms with E-state index >= 15 is 0 Å². The van der Waals surface area contributed by atoms with Crippen LogP contribution in [0.2, 0.25) is 0 Å². The summed E-state index contributed by atoms with van der Waals surface area (Å²) in [4.78, 5) is 4.63. The molecule has 4 aromatic carbocycles. The Morgan fingerprint density at radius 1 is 0.545 bits per heavy atom. The fourth-order valence-electron chi connectivity index (χ4n) is 4.96. The number of benzene rings is 4. The zero-order chi connectivity index (χ0) is 22.8. The smallest absolute Gasteiger partial charge is 0.0234 e. The van der Waals surface area contributed by atoms with E-state index in [1.807, 2.05) is 0 Å². The Morgan fingerprint density at radius 3 is 1.94 bits per heavy atom. The number of hydrogen-bond donors (Lipinski definition) is 0. The molecule has 0 aromatic heterocycles. The van der Waals surface area contributed by atoms with E-state index in [1.165, 1.54) is 50.1 Å². The van der Waals surface area contributed by atoms with Crippen LogP contribution in [-0.2, 0) is 26.1 Å². The van der Waals surface area contributed by atoms with Crippen molar-refractivity contribution in [2.45, 2.75) is 26.1 Å². The van der Waals surface area contributed by atoms with Crippen molar-refractivity contribution in [1.82, 2.24) is 9.80 Å². The maximum Gasteiger partial charge on any atom is 0.0234 e. The maximum absolute atomic E-state index is 2.40. The highest BCUT2D eigenvalue weighted by atomic mass is 15.1. The van der Waals surface area contributed by atoms with Crippen LogP contribution in [0.4, 0.5) is 0 Å². The molecule has 0 radical (unpaired) electrons. The van der Waals surface area contributed by atoms with Crippen LogP contribution in [0.15, 0.2) is 91.0 Å². The van der Waals surface area contributed by atoms with Crippen LogP contribution in [-0.4, -0.2) is 30.9 Å². The Labute approximate surface area is 198 Å². The van der Waals surface area contributed by atoms with E-state index in [4.69, 9.17) is 0 Å². The van der Waals surface area contributed by atoms with Crippen molar-refractivity contribution in [1.29, 1.82) is 0 Å². The third-order valence-electron chi connectivity index (χ3n) is 6.48. The molecular formula is C31H32N2. The Morgan fingerprint density at radius 2 is 1.18 bits per heavy atom. The predicted molar refractivity (Wildman–Crippen MR) is 139 cm³/mol. The molecule has 0 fully saturated rings. The van der Waals surface area contributed by atoms with E-state index < -0.39 is 0 Å². The standard InChI is InChI=1S/C31H32N2/c1-32(2)20-24-12-16-30-29(17-24)19-28-15-11-25(18-31(28)30)22-33(3)21-23-9-13-27(14-10-23)26-7-5-4-6-8-26/h4-18H,19-22H2,1-3H3. The van der Waals surface area contributed by atoms with Gasteiger partial charge in [-0.25, -0.2) is 0 Å². The molecule has 4 aromatic rings. The Hall–Kier alpha value is -3.20. The van der Waals surface area contributed by atoms with Gasteiger partial charge >= 0.3 is 0 Å². The van der Waals surface area contributed by atoms with Crippen molar-refractivity contribution < 1.29 is 0 Å². The first-order chi connectivity index (χ1) is 16.0. The minimum absolute atomic E-state index is 0.941. The predicted octanol–water partition coefficient (Wildman–Crippen LogP) is 6.62. The quantitative estimate of drug-likeness (QED) is 0.285. The summed E-state index contributed by atoms with van der Waals surface area (Å²) < 4.78 is 0. The second-order valence-corrected chi connectivity index (χ2v) is 9.63. The molecular weight excluding hydrogens is 400 g/mol. The molecule has 0 aliphatic heterocycles. The van der Waals surface area contributed by atoms with Gasteiger partial charge in [0.1, 0.15) is 0 Å². The van der Waals surface area contributed by atoms with Gasteiger partial charge in [-0.2, -0.15) is 0 Å². The molecule has 0 N–H and O–H groups in total. The molecule has 1 aliphatic carbocycles. The summed E-state index contributed by atoms with van der Waals surface area (Å²) in [6.07, 6.45) is 1.05. The van der Waals surface area contributed by atoms with E-state index in [0.717, 1.165) is 26.1 Å². The van der Waals surface area contributed by atoms with Crippen molar-refractivity contribution in [3.63, 3.8) is 0 Å². The van der Waals surface area contributed by atoms with Gasteiger partial charge in [0.15, 0.2) is 0 Å². The molecule has 0 bridgehead atoms. The lowest BCUT2D eigenvalue weighted by Crippen LogP contribution is -2.17. The SMILES string of the molecule is CN(C)Cc1ccc2c(c1)Cc1ccc(CN(C)Cc3ccc(-c4ccccc4)cc3)cc1-2. The minimum atomic E-state index is 0.941. The van der Waals surface area contributed by atoms with Gasteiger partial charge in [0.05, 0.1) is 0 Å². The van der Waals surface area contributed by atoms with Gasteiger partial charge in [-0.3, -0.25) is 4.90 Å². The summed E-state index contributed by atoms with van der Waals surface area (Å²) in [6, 6.07) is 33.6. The molecule has 0 saturated heterocycles. The zero-order valence-electron chi connectivity index (χ0n) is 19.9. The molecule has 5 rings (SSSR count). The van der Waals surface area contributed by atoms with E-state index in [-0.39, 0.29) is 0 Å². The van der Waals surface area contributed by atoms with E-state index in [2.05, 4.69) is 122 Å². The van der Waals surface area contributed by atoms with Crippen molar-refractivity contribution in [3.8, 4) is 22.3 Å². The summed E-state index contributed by atoms with van der Waals surface area (Å²) in [7, 11) is 6.46. The van der Waals surface area contributed by atoms with E-state index in [0.29, 0.717) is 0 Å². The minimum Gasteiger partial charge on any atom is -0.305 e. The maximum atomic E-state index is 2.40. The topological polar surface area (TPSA) is 6.48 Å². The van der Waals surface area contributed by atoms with Gasteiger partial charge in [-0.1, -0.05) is 84.9 Å². The number of fused-ring (bicyclic) bond motifs is 3. The van der Waals surface area contributed by atoms with Gasteiger partial charge in [0.2, 0.25) is 0 Å². The van der Waals surface area contributed by atoms with Crippen LogP contribution in [0.5, 0.6) is 0 Å². The summed E-state index contributed by atoms with van der Waals surface area (Å²) in [5, 5.41) is 0. The van der Waals surface area contributed by atoms with Gasteiger partial charge in [-0.15, -0.1) is 0 Å². The average Bonchev–Trinajstić information content (AvgIpc) is 3.17. The fourth-order valence-corrected chi connectivity index (χ4v) is 4.96. The first kappa shape index (κ1) is 21.6. The molecule has 0 spiro atoms. The molecule has 0 atom stereocenters. The molecule has 2 nitrogen and oxygen atoms in total. The summed E-state index contributed by atoms with van der Waals surface area (Å²) in [5.74, 6) is 0. The summed E-state index contributed by atoms with van der Waals surface area (Å²) >= 11 is 0. The number of nitrogens with zero attached hydrogens (tertiary/aromatic N) is 2. The Balaban J connectivity index is 1.26.